The molecule has 0 aromatic carbocycles. The van der Waals surface area contributed by atoms with E-state index in [2.05, 4.69) is 31.3 Å². The fourth-order valence-corrected chi connectivity index (χ4v) is 3.14. The predicted octanol–water partition coefficient (Wildman–Crippen LogP) is 2.79. The van der Waals surface area contributed by atoms with Crippen molar-refractivity contribution in [2.45, 2.75) is 33.7 Å². The first kappa shape index (κ1) is 17.6. The van der Waals surface area contributed by atoms with Crippen LogP contribution >= 0.6 is 27.3 Å². The number of amides is 1. The summed E-state index contributed by atoms with van der Waals surface area (Å²) in [6.45, 7) is 6.41. The minimum absolute atomic E-state index is 0.0932. The van der Waals surface area contributed by atoms with Gasteiger partial charge in [0.05, 0.1) is 28.9 Å². The summed E-state index contributed by atoms with van der Waals surface area (Å²) < 4.78 is 7.17. The maximum atomic E-state index is 12.4. The number of aryl methyl sites for hydroxylation is 2. The van der Waals surface area contributed by atoms with Crippen LogP contribution in [0, 0.1) is 6.92 Å². The number of hydrogen-bond donors (Lipinski definition) is 1. The second-order valence-corrected chi connectivity index (χ2v) is 6.29. The number of esters is 1. The molecule has 0 unspecified atom stereocenters. The average molecular weight is 401 g/mol. The largest absolute Gasteiger partial charge is 0.466 e. The van der Waals surface area contributed by atoms with Gasteiger partial charge in [-0.1, -0.05) is 0 Å². The van der Waals surface area contributed by atoms with Crippen molar-refractivity contribution in [2.75, 3.05) is 11.9 Å². The first-order valence-electron chi connectivity index (χ1n) is 7.10. The molecule has 0 aliphatic heterocycles. The third kappa shape index (κ3) is 4.17. The number of hydrogen-bond acceptors (Lipinski definition) is 6. The van der Waals surface area contributed by atoms with Gasteiger partial charge in [0, 0.05) is 11.9 Å². The number of rotatable bonds is 6. The summed E-state index contributed by atoms with van der Waals surface area (Å²) in [5, 5.41) is 9.18. The van der Waals surface area contributed by atoms with Crippen LogP contribution in [0.15, 0.2) is 9.85 Å². The second kappa shape index (κ2) is 7.69. The van der Waals surface area contributed by atoms with E-state index in [1.54, 1.807) is 17.0 Å². The Labute approximate surface area is 146 Å². The van der Waals surface area contributed by atoms with E-state index >= 15 is 0 Å². The molecule has 0 spiro atoms. The summed E-state index contributed by atoms with van der Waals surface area (Å²) in [6.07, 6.45) is 0.0932. The average Bonchev–Trinajstić information content (AvgIpc) is 3.04. The first-order chi connectivity index (χ1) is 11.0. The van der Waals surface area contributed by atoms with Crippen LogP contribution in [0.2, 0.25) is 0 Å². The van der Waals surface area contributed by atoms with Gasteiger partial charge in [-0.25, -0.2) is 4.98 Å². The Bertz CT molecular complexity index is 726. The zero-order chi connectivity index (χ0) is 17.0. The highest BCUT2D eigenvalue weighted by molar-refractivity contribution is 9.10. The van der Waals surface area contributed by atoms with Crippen molar-refractivity contribution in [3.05, 3.63) is 26.9 Å². The molecule has 9 heteroatoms. The Kier molecular flexibility index (Phi) is 5.89. The zero-order valence-electron chi connectivity index (χ0n) is 13.1. The molecule has 0 saturated carbocycles. The number of halogens is 1. The van der Waals surface area contributed by atoms with Crippen LogP contribution in [0.25, 0.3) is 0 Å². The quantitative estimate of drug-likeness (QED) is 0.753. The lowest BCUT2D eigenvalue weighted by atomic mass is 10.3. The van der Waals surface area contributed by atoms with E-state index in [-0.39, 0.29) is 18.3 Å². The molecular weight excluding hydrogens is 384 g/mol. The number of ether oxygens (including phenoxy) is 1. The molecule has 124 valence electrons. The molecule has 0 radical (unpaired) electrons. The minimum Gasteiger partial charge on any atom is -0.466 e. The Hall–Kier alpha value is -1.74. The smallest absolute Gasteiger partial charge is 0.311 e. The maximum Gasteiger partial charge on any atom is 0.311 e. The van der Waals surface area contributed by atoms with E-state index in [4.69, 9.17) is 4.74 Å². The third-order valence-corrected chi connectivity index (χ3v) is 4.73. The van der Waals surface area contributed by atoms with Gasteiger partial charge in [-0.2, -0.15) is 5.10 Å². The molecule has 1 N–H and O–H groups in total. The van der Waals surface area contributed by atoms with E-state index in [1.165, 1.54) is 11.3 Å². The summed E-state index contributed by atoms with van der Waals surface area (Å²) in [5.41, 5.74) is 1.77. The zero-order valence-corrected chi connectivity index (χ0v) is 15.5. The molecule has 7 nitrogen and oxygen atoms in total. The van der Waals surface area contributed by atoms with Gasteiger partial charge in [-0.15, -0.1) is 11.3 Å². The van der Waals surface area contributed by atoms with Crippen LogP contribution in [0.4, 0.5) is 5.13 Å². The van der Waals surface area contributed by atoms with E-state index in [0.29, 0.717) is 34.1 Å². The summed E-state index contributed by atoms with van der Waals surface area (Å²) in [7, 11) is 0. The lowest BCUT2D eigenvalue weighted by Gasteiger charge is -2.05. The summed E-state index contributed by atoms with van der Waals surface area (Å²) >= 11 is 4.65. The van der Waals surface area contributed by atoms with Crippen molar-refractivity contribution in [3.63, 3.8) is 0 Å². The lowest BCUT2D eigenvalue weighted by molar-refractivity contribution is -0.142. The molecule has 2 aromatic heterocycles. The second-order valence-electron chi connectivity index (χ2n) is 4.64. The predicted molar refractivity (Wildman–Crippen MR) is 90.7 cm³/mol. The van der Waals surface area contributed by atoms with Gasteiger partial charge in [0.2, 0.25) is 0 Å². The molecule has 0 bridgehead atoms. The van der Waals surface area contributed by atoms with Crippen molar-refractivity contribution in [3.8, 4) is 0 Å². The Morgan fingerprint density at radius 2 is 2.17 bits per heavy atom. The van der Waals surface area contributed by atoms with Gasteiger partial charge < -0.3 is 4.74 Å². The Balaban J connectivity index is 2.09. The van der Waals surface area contributed by atoms with Crippen LogP contribution < -0.4 is 5.32 Å². The van der Waals surface area contributed by atoms with Crippen molar-refractivity contribution >= 4 is 44.3 Å². The van der Waals surface area contributed by atoms with Crippen molar-refractivity contribution < 1.29 is 14.3 Å². The highest BCUT2D eigenvalue weighted by Crippen LogP contribution is 2.23. The monoisotopic (exact) mass is 400 g/mol. The summed E-state index contributed by atoms with van der Waals surface area (Å²) in [4.78, 5) is 28.1. The van der Waals surface area contributed by atoms with E-state index in [1.807, 2.05) is 13.8 Å². The van der Waals surface area contributed by atoms with Gasteiger partial charge in [0.15, 0.2) is 5.13 Å². The van der Waals surface area contributed by atoms with Gasteiger partial charge in [-0.3, -0.25) is 19.6 Å². The summed E-state index contributed by atoms with van der Waals surface area (Å²) in [5.74, 6) is -0.630. The number of nitrogens with zero attached hydrogens (tertiary/aromatic N) is 3. The SMILES string of the molecule is CCOC(=O)Cc1csc(NC(=O)c2c(Br)c(C)nn2CC)n1. The third-order valence-electron chi connectivity index (χ3n) is 2.97. The van der Waals surface area contributed by atoms with Crippen LogP contribution in [-0.4, -0.2) is 33.2 Å². The van der Waals surface area contributed by atoms with Crippen LogP contribution in [-0.2, 0) is 22.5 Å². The first-order valence-corrected chi connectivity index (χ1v) is 8.77. The number of carbonyl (C=O) groups is 2. The fourth-order valence-electron chi connectivity index (χ4n) is 1.97. The van der Waals surface area contributed by atoms with E-state index in [9.17, 15) is 9.59 Å². The molecule has 2 heterocycles. The molecule has 0 aliphatic rings. The normalized spacial score (nSPS) is 10.6. The molecule has 0 aliphatic carbocycles. The molecule has 0 saturated heterocycles. The van der Waals surface area contributed by atoms with E-state index < -0.39 is 0 Å². The topological polar surface area (TPSA) is 86.1 Å². The number of anilines is 1. The Morgan fingerprint density at radius 1 is 1.43 bits per heavy atom. The number of nitrogens with one attached hydrogen (secondary N) is 1. The maximum absolute atomic E-state index is 12.4. The number of thiazole rings is 1. The fraction of sp³-hybridized carbons (Fsp3) is 0.429. The van der Waals surface area contributed by atoms with Crippen molar-refractivity contribution in [1.29, 1.82) is 0 Å². The highest BCUT2D eigenvalue weighted by Gasteiger charge is 2.20. The summed E-state index contributed by atoms with van der Waals surface area (Å²) in [6, 6.07) is 0. The van der Waals surface area contributed by atoms with Crippen molar-refractivity contribution in [2.24, 2.45) is 0 Å². The van der Waals surface area contributed by atoms with E-state index in [0.717, 1.165) is 5.69 Å². The molecule has 23 heavy (non-hydrogen) atoms. The van der Waals surface area contributed by atoms with Gasteiger partial charge >= 0.3 is 5.97 Å². The van der Waals surface area contributed by atoms with Crippen LogP contribution in [0.1, 0.15) is 35.7 Å². The molecule has 0 fully saturated rings. The van der Waals surface area contributed by atoms with Gasteiger partial charge in [0.1, 0.15) is 5.69 Å². The molecule has 1 amide bonds. The minimum atomic E-state index is -0.335. The Morgan fingerprint density at radius 3 is 2.83 bits per heavy atom. The van der Waals surface area contributed by atoms with Crippen LogP contribution in [0.5, 0.6) is 0 Å². The molecule has 2 aromatic rings. The highest BCUT2D eigenvalue weighted by atomic mass is 79.9. The van der Waals surface area contributed by atoms with Gasteiger partial charge in [0.25, 0.3) is 5.91 Å². The van der Waals surface area contributed by atoms with Crippen molar-refractivity contribution in [1.82, 2.24) is 14.8 Å². The lowest BCUT2D eigenvalue weighted by Crippen LogP contribution is -2.18. The molecule has 0 atom stereocenters. The number of aromatic nitrogens is 3. The van der Waals surface area contributed by atoms with Gasteiger partial charge in [-0.05, 0) is 36.7 Å². The molecule has 2 rings (SSSR count). The van der Waals surface area contributed by atoms with Crippen LogP contribution in [0.3, 0.4) is 0 Å². The standard InChI is InChI=1S/C14H17BrN4O3S/c1-4-19-12(11(15)8(3)18-19)13(21)17-14-16-9(7-23-14)6-10(20)22-5-2/h7H,4-6H2,1-3H3,(H,16,17,21). The number of carbonyl (C=O) groups excluding carboxylic acids is 2. The molecular formula is C14H17BrN4O3S.